The van der Waals surface area contributed by atoms with Gasteiger partial charge in [0.25, 0.3) is 5.91 Å². The zero-order valence-electron chi connectivity index (χ0n) is 11.1. The second-order valence-electron chi connectivity index (χ2n) is 4.48. The van der Waals surface area contributed by atoms with Crippen molar-refractivity contribution in [1.29, 1.82) is 0 Å². The van der Waals surface area contributed by atoms with Crippen LogP contribution in [0.4, 0.5) is 10.1 Å². The predicted octanol–water partition coefficient (Wildman–Crippen LogP) is 2.38. The Hall–Kier alpha value is -2.40. The van der Waals surface area contributed by atoms with Gasteiger partial charge in [-0.05, 0) is 29.8 Å². The van der Waals surface area contributed by atoms with Gasteiger partial charge in [-0.2, -0.15) is 0 Å². The van der Waals surface area contributed by atoms with E-state index < -0.39 is 0 Å². The van der Waals surface area contributed by atoms with Crippen LogP contribution >= 0.6 is 0 Å². The summed E-state index contributed by atoms with van der Waals surface area (Å²) in [5.74, 6) is 4.90. The van der Waals surface area contributed by atoms with Gasteiger partial charge >= 0.3 is 0 Å². The molecule has 0 atom stereocenters. The number of benzene rings is 2. The molecule has 0 aliphatic heterocycles. The first-order chi connectivity index (χ1) is 9.61. The number of carbonyl (C=O) groups is 1. The van der Waals surface area contributed by atoms with Crippen LogP contribution in [-0.2, 0) is 6.54 Å². The molecule has 2 aromatic rings. The van der Waals surface area contributed by atoms with E-state index in [-0.39, 0.29) is 11.7 Å². The van der Waals surface area contributed by atoms with Gasteiger partial charge in [0.1, 0.15) is 5.82 Å². The number of hydrogen-bond donors (Lipinski definition) is 2. The molecule has 4 nitrogen and oxygen atoms in total. The molecule has 2 aromatic carbocycles. The number of nitrogens with two attached hydrogens (primary N) is 1. The molecule has 0 aromatic heterocycles. The number of rotatable bonds is 4. The fourth-order valence-electron chi connectivity index (χ4n) is 1.98. The van der Waals surface area contributed by atoms with Crippen LogP contribution in [0.15, 0.2) is 48.5 Å². The number of anilines is 1. The molecule has 0 saturated carbocycles. The second kappa shape index (κ2) is 6.16. The molecular weight excluding hydrogens is 257 g/mol. The van der Waals surface area contributed by atoms with E-state index in [0.29, 0.717) is 17.8 Å². The first-order valence-corrected chi connectivity index (χ1v) is 6.17. The van der Waals surface area contributed by atoms with Crippen molar-refractivity contribution in [3.05, 3.63) is 65.5 Å². The highest BCUT2D eigenvalue weighted by molar-refractivity contribution is 5.99. The summed E-state index contributed by atoms with van der Waals surface area (Å²) < 4.78 is 13.1. The lowest BCUT2D eigenvalue weighted by Crippen LogP contribution is -2.27. The van der Waals surface area contributed by atoms with Crippen LogP contribution in [-0.4, -0.2) is 17.9 Å². The van der Waals surface area contributed by atoms with Gasteiger partial charge in [0, 0.05) is 13.6 Å². The molecule has 0 unspecified atom stereocenters. The molecule has 1 amide bonds. The lowest BCUT2D eigenvalue weighted by molar-refractivity contribution is 0.0786. The van der Waals surface area contributed by atoms with E-state index in [0.717, 1.165) is 5.56 Å². The summed E-state index contributed by atoms with van der Waals surface area (Å²) in [6.07, 6.45) is 0. The maximum absolute atomic E-state index is 13.1. The van der Waals surface area contributed by atoms with E-state index in [2.05, 4.69) is 5.43 Å². The highest BCUT2D eigenvalue weighted by atomic mass is 19.1. The average molecular weight is 273 g/mol. The van der Waals surface area contributed by atoms with Crippen LogP contribution in [0.3, 0.4) is 0 Å². The summed E-state index contributed by atoms with van der Waals surface area (Å²) in [6, 6.07) is 13.2. The van der Waals surface area contributed by atoms with E-state index >= 15 is 0 Å². The summed E-state index contributed by atoms with van der Waals surface area (Å²) in [7, 11) is 1.67. The highest BCUT2D eigenvalue weighted by Crippen LogP contribution is 2.17. The molecule has 2 rings (SSSR count). The van der Waals surface area contributed by atoms with Crippen LogP contribution in [0.1, 0.15) is 15.9 Å². The topological polar surface area (TPSA) is 58.4 Å². The van der Waals surface area contributed by atoms with Crippen molar-refractivity contribution in [2.45, 2.75) is 6.54 Å². The van der Waals surface area contributed by atoms with E-state index in [1.165, 1.54) is 17.0 Å². The molecule has 0 aliphatic carbocycles. The lowest BCUT2D eigenvalue weighted by Gasteiger charge is -2.19. The average Bonchev–Trinajstić information content (AvgIpc) is 2.46. The van der Waals surface area contributed by atoms with Gasteiger partial charge in [-0.1, -0.05) is 24.3 Å². The third-order valence-corrected chi connectivity index (χ3v) is 2.97. The number of hydrogen-bond acceptors (Lipinski definition) is 3. The number of hydrazine groups is 1. The van der Waals surface area contributed by atoms with Gasteiger partial charge in [0.05, 0.1) is 11.3 Å². The number of halogens is 1. The minimum Gasteiger partial charge on any atom is -0.337 e. The standard InChI is InChI=1S/C15H16FN3O/c1-19(10-11-5-4-6-12(16)9-11)15(20)13-7-2-3-8-14(13)18-17/h2-9,18H,10,17H2,1H3. The Bertz CT molecular complexity index is 616. The fraction of sp³-hybridized carbons (Fsp3) is 0.133. The van der Waals surface area contributed by atoms with Crippen molar-refractivity contribution in [2.24, 2.45) is 5.84 Å². The first kappa shape index (κ1) is 14.0. The van der Waals surface area contributed by atoms with Gasteiger partial charge < -0.3 is 10.3 Å². The smallest absolute Gasteiger partial charge is 0.256 e. The SMILES string of the molecule is CN(Cc1cccc(F)c1)C(=O)c1ccccc1NN. The Morgan fingerprint density at radius 2 is 2.00 bits per heavy atom. The molecule has 0 bridgehead atoms. The van der Waals surface area contributed by atoms with E-state index in [1.807, 2.05) is 0 Å². The Morgan fingerprint density at radius 3 is 2.70 bits per heavy atom. The molecule has 0 fully saturated rings. The largest absolute Gasteiger partial charge is 0.337 e. The zero-order valence-corrected chi connectivity index (χ0v) is 11.1. The molecule has 20 heavy (non-hydrogen) atoms. The van der Waals surface area contributed by atoms with Crippen molar-refractivity contribution >= 4 is 11.6 Å². The summed E-state index contributed by atoms with van der Waals surface area (Å²) in [5, 5.41) is 0. The second-order valence-corrected chi connectivity index (χ2v) is 4.48. The number of nitrogens with one attached hydrogen (secondary N) is 1. The normalized spacial score (nSPS) is 10.2. The monoisotopic (exact) mass is 273 g/mol. The number of amides is 1. The highest BCUT2D eigenvalue weighted by Gasteiger charge is 2.15. The number of para-hydroxylation sites is 1. The predicted molar refractivity (Wildman–Crippen MR) is 76.4 cm³/mol. The van der Waals surface area contributed by atoms with Crippen LogP contribution in [0.2, 0.25) is 0 Å². The molecule has 104 valence electrons. The number of nitrogens with zero attached hydrogens (tertiary/aromatic N) is 1. The van der Waals surface area contributed by atoms with Gasteiger partial charge in [-0.3, -0.25) is 10.6 Å². The Labute approximate surface area is 117 Å². The summed E-state index contributed by atoms with van der Waals surface area (Å²) in [5.41, 5.74) is 4.27. The van der Waals surface area contributed by atoms with E-state index in [4.69, 9.17) is 5.84 Å². The molecule has 5 heteroatoms. The van der Waals surface area contributed by atoms with Crippen molar-refractivity contribution < 1.29 is 9.18 Å². The Morgan fingerprint density at radius 1 is 1.25 bits per heavy atom. The van der Waals surface area contributed by atoms with E-state index in [9.17, 15) is 9.18 Å². The van der Waals surface area contributed by atoms with Crippen LogP contribution in [0.25, 0.3) is 0 Å². The molecule has 3 N–H and O–H groups in total. The van der Waals surface area contributed by atoms with Crippen molar-refractivity contribution in [1.82, 2.24) is 4.90 Å². The first-order valence-electron chi connectivity index (χ1n) is 6.17. The number of carbonyl (C=O) groups excluding carboxylic acids is 1. The van der Waals surface area contributed by atoms with Gasteiger partial charge in [0.15, 0.2) is 0 Å². The number of nitrogen functional groups attached to an aromatic ring is 1. The summed E-state index contributed by atoms with van der Waals surface area (Å²) in [4.78, 5) is 13.9. The quantitative estimate of drug-likeness (QED) is 0.664. The Balaban J connectivity index is 2.16. The third-order valence-electron chi connectivity index (χ3n) is 2.97. The molecule has 0 aliphatic rings. The Kier molecular flexibility index (Phi) is 4.32. The summed E-state index contributed by atoms with van der Waals surface area (Å²) in [6.45, 7) is 0.329. The van der Waals surface area contributed by atoms with Gasteiger partial charge in [-0.25, -0.2) is 4.39 Å². The van der Waals surface area contributed by atoms with Gasteiger partial charge in [-0.15, -0.1) is 0 Å². The van der Waals surface area contributed by atoms with Gasteiger partial charge in [0.2, 0.25) is 0 Å². The van der Waals surface area contributed by atoms with Crippen LogP contribution in [0.5, 0.6) is 0 Å². The minimum atomic E-state index is -0.313. The molecule has 0 saturated heterocycles. The third kappa shape index (κ3) is 3.13. The zero-order chi connectivity index (χ0) is 14.5. The van der Waals surface area contributed by atoms with Crippen LogP contribution in [0, 0.1) is 5.82 Å². The maximum atomic E-state index is 13.1. The maximum Gasteiger partial charge on any atom is 0.256 e. The molecular formula is C15H16FN3O. The van der Waals surface area contributed by atoms with Crippen molar-refractivity contribution in [3.8, 4) is 0 Å². The fourth-order valence-corrected chi connectivity index (χ4v) is 1.98. The van der Waals surface area contributed by atoms with Crippen molar-refractivity contribution in [3.63, 3.8) is 0 Å². The van der Waals surface area contributed by atoms with E-state index in [1.54, 1.807) is 43.4 Å². The molecule has 0 heterocycles. The summed E-state index contributed by atoms with van der Waals surface area (Å²) >= 11 is 0. The van der Waals surface area contributed by atoms with Crippen LogP contribution < -0.4 is 11.3 Å². The lowest BCUT2D eigenvalue weighted by atomic mass is 10.1. The minimum absolute atomic E-state index is 0.178. The molecule has 0 radical (unpaired) electrons. The molecule has 0 spiro atoms. The van der Waals surface area contributed by atoms with Crippen molar-refractivity contribution in [2.75, 3.05) is 12.5 Å².